The van der Waals surface area contributed by atoms with Gasteiger partial charge in [0.05, 0.1) is 6.61 Å². The maximum Gasteiger partial charge on any atom is 0.409 e. The highest BCUT2D eigenvalue weighted by molar-refractivity contribution is 5.78. The van der Waals surface area contributed by atoms with Gasteiger partial charge < -0.3 is 14.6 Å². The largest absolute Gasteiger partial charge is 0.449 e. The minimum Gasteiger partial charge on any atom is -0.449 e. The fourth-order valence-corrected chi connectivity index (χ4v) is 3.19. The van der Waals surface area contributed by atoms with Crippen molar-refractivity contribution in [2.75, 3.05) is 32.8 Å². The van der Waals surface area contributed by atoms with Crippen molar-refractivity contribution in [3.8, 4) is 0 Å². The summed E-state index contributed by atoms with van der Waals surface area (Å²) < 4.78 is 5.33. The molecule has 6 nitrogen and oxygen atoms in total. The third-order valence-corrected chi connectivity index (χ3v) is 4.61. The van der Waals surface area contributed by atoms with E-state index in [0.717, 1.165) is 36.0 Å². The van der Waals surface area contributed by atoms with Gasteiger partial charge in [-0.2, -0.15) is 0 Å². The van der Waals surface area contributed by atoms with E-state index < -0.39 is 0 Å². The van der Waals surface area contributed by atoms with Gasteiger partial charge in [-0.25, -0.2) is 4.79 Å². The summed E-state index contributed by atoms with van der Waals surface area (Å²) >= 11 is 0. The molecule has 1 N–H and O–H groups in total. The molecule has 0 bridgehead atoms. The Morgan fingerprint density at radius 2 is 2.00 bits per heavy atom. The van der Waals surface area contributed by atoms with Gasteiger partial charge in [-0.1, -0.05) is 32.0 Å². The normalized spacial score (nSPS) is 16.0. The molecule has 1 amide bonds. The van der Waals surface area contributed by atoms with Gasteiger partial charge in [0, 0.05) is 43.8 Å². The van der Waals surface area contributed by atoms with Crippen LogP contribution in [-0.4, -0.2) is 53.7 Å². The molecule has 1 aliphatic heterocycles. The molecule has 0 aliphatic carbocycles. The molecule has 1 saturated heterocycles. The summed E-state index contributed by atoms with van der Waals surface area (Å²) in [4.78, 5) is 31.5. The van der Waals surface area contributed by atoms with Crippen molar-refractivity contribution in [3.63, 3.8) is 0 Å². The number of ether oxygens (including phenoxy) is 1. The number of H-pyrrole nitrogens is 1. The van der Waals surface area contributed by atoms with Gasteiger partial charge >= 0.3 is 6.09 Å². The lowest BCUT2D eigenvalue weighted by Crippen LogP contribution is -2.36. The van der Waals surface area contributed by atoms with E-state index in [-0.39, 0.29) is 11.7 Å². The van der Waals surface area contributed by atoms with Crippen molar-refractivity contribution in [1.82, 2.24) is 14.8 Å². The number of pyridine rings is 1. The third kappa shape index (κ3) is 4.64. The quantitative estimate of drug-likeness (QED) is 0.914. The minimum absolute atomic E-state index is 0.0406. The summed E-state index contributed by atoms with van der Waals surface area (Å²) in [6.07, 6.45) is 0.645. The number of benzene rings is 1. The molecule has 0 spiro atoms. The van der Waals surface area contributed by atoms with E-state index in [9.17, 15) is 9.59 Å². The van der Waals surface area contributed by atoms with Crippen LogP contribution < -0.4 is 5.56 Å². The second kappa shape index (κ2) is 8.36. The molecule has 1 fully saturated rings. The number of fused-ring (bicyclic) bond motifs is 1. The highest BCUT2D eigenvalue weighted by Gasteiger charge is 2.21. The molecule has 1 aliphatic rings. The summed E-state index contributed by atoms with van der Waals surface area (Å²) in [5.74, 6) is 0.335. The van der Waals surface area contributed by atoms with Crippen molar-refractivity contribution in [3.05, 3.63) is 46.2 Å². The fourth-order valence-electron chi connectivity index (χ4n) is 3.19. The van der Waals surface area contributed by atoms with Crippen molar-refractivity contribution >= 4 is 17.0 Å². The van der Waals surface area contributed by atoms with E-state index in [1.807, 2.05) is 44.2 Å². The first-order valence-corrected chi connectivity index (χ1v) is 9.28. The van der Waals surface area contributed by atoms with Crippen LogP contribution in [0.25, 0.3) is 10.9 Å². The van der Waals surface area contributed by atoms with Gasteiger partial charge in [0.25, 0.3) is 5.56 Å². The van der Waals surface area contributed by atoms with Gasteiger partial charge in [0.1, 0.15) is 0 Å². The first-order valence-electron chi connectivity index (χ1n) is 9.28. The molecule has 1 aromatic carbocycles. The molecule has 0 radical (unpaired) electrons. The Morgan fingerprint density at radius 3 is 2.81 bits per heavy atom. The third-order valence-electron chi connectivity index (χ3n) is 4.61. The van der Waals surface area contributed by atoms with Crippen molar-refractivity contribution in [2.24, 2.45) is 5.92 Å². The number of aromatic amines is 1. The molecule has 2 aromatic rings. The Kier molecular flexibility index (Phi) is 5.93. The molecule has 26 heavy (non-hydrogen) atoms. The van der Waals surface area contributed by atoms with Crippen LogP contribution in [-0.2, 0) is 11.3 Å². The number of aromatic nitrogens is 1. The second-order valence-corrected chi connectivity index (χ2v) is 7.30. The lowest BCUT2D eigenvalue weighted by Gasteiger charge is -2.22. The van der Waals surface area contributed by atoms with Gasteiger partial charge in [-0.3, -0.25) is 9.69 Å². The van der Waals surface area contributed by atoms with Crippen LogP contribution in [0.15, 0.2) is 35.1 Å². The van der Waals surface area contributed by atoms with Crippen LogP contribution >= 0.6 is 0 Å². The van der Waals surface area contributed by atoms with E-state index in [0.29, 0.717) is 32.2 Å². The smallest absolute Gasteiger partial charge is 0.409 e. The number of amides is 1. The zero-order chi connectivity index (χ0) is 18.5. The maximum atomic E-state index is 12.3. The van der Waals surface area contributed by atoms with E-state index in [1.54, 1.807) is 4.90 Å². The Labute approximate surface area is 153 Å². The molecule has 140 valence electrons. The lowest BCUT2D eigenvalue weighted by atomic mass is 10.1. The monoisotopic (exact) mass is 357 g/mol. The van der Waals surface area contributed by atoms with E-state index in [4.69, 9.17) is 4.74 Å². The predicted molar refractivity (Wildman–Crippen MR) is 102 cm³/mol. The lowest BCUT2D eigenvalue weighted by molar-refractivity contribution is 0.0930. The molecule has 2 heterocycles. The Balaban J connectivity index is 1.62. The molecule has 3 rings (SSSR count). The van der Waals surface area contributed by atoms with Crippen molar-refractivity contribution in [1.29, 1.82) is 0 Å². The number of para-hydroxylation sites is 1. The predicted octanol–water partition coefficient (Wildman–Crippen LogP) is 2.83. The number of nitrogens with one attached hydrogen (secondary N) is 1. The van der Waals surface area contributed by atoms with Crippen LogP contribution in [0.2, 0.25) is 0 Å². The van der Waals surface area contributed by atoms with Gasteiger partial charge in [0.15, 0.2) is 0 Å². The molecular formula is C20H27N3O3. The number of carbonyl (C=O) groups is 1. The highest BCUT2D eigenvalue weighted by Crippen LogP contribution is 2.13. The zero-order valence-corrected chi connectivity index (χ0v) is 15.5. The topological polar surface area (TPSA) is 65.6 Å². The first kappa shape index (κ1) is 18.5. The number of hydrogen-bond donors (Lipinski definition) is 1. The summed E-state index contributed by atoms with van der Waals surface area (Å²) in [6, 6.07) is 9.77. The molecule has 1 aromatic heterocycles. The fraction of sp³-hybridized carbons (Fsp3) is 0.500. The maximum absolute atomic E-state index is 12.3. The average Bonchev–Trinajstić information content (AvgIpc) is 2.86. The molecule has 0 atom stereocenters. The second-order valence-electron chi connectivity index (χ2n) is 7.30. The number of carbonyl (C=O) groups excluding carboxylic acids is 1. The number of nitrogens with zero attached hydrogens (tertiary/aromatic N) is 2. The van der Waals surface area contributed by atoms with Crippen LogP contribution in [0.4, 0.5) is 4.79 Å². The van der Waals surface area contributed by atoms with Crippen molar-refractivity contribution < 1.29 is 9.53 Å². The molecule has 0 saturated carbocycles. The van der Waals surface area contributed by atoms with Crippen LogP contribution in [0.3, 0.4) is 0 Å². The van der Waals surface area contributed by atoms with E-state index in [1.165, 1.54) is 0 Å². The zero-order valence-electron chi connectivity index (χ0n) is 15.5. The highest BCUT2D eigenvalue weighted by atomic mass is 16.6. The standard InChI is InChI=1S/C20H27N3O3/c1-15(2)14-26-20(25)23-9-5-8-22(10-11-23)13-17-12-16-6-3-4-7-18(16)21-19(17)24/h3-4,6-7,12,15H,5,8-11,13-14H2,1-2H3,(H,21,24). The summed E-state index contributed by atoms with van der Waals surface area (Å²) in [6.45, 7) is 8.02. The summed E-state index contributed by atoms with van der Waals surface area (Å²) in [5.41, 5.74) is 1.58. The van der Waals surface area contributed by atoms with Crippen molar-refractivity contribution in [2.45, 2.75) is 26.8 Å². The summed E-state index contributed by atoms with van der Waals surface area (Å²) in [7, 11) is 0. The Morgan fingerprint density at radius 1 is 1.19 bits per heavy atom. The SMILES string of the molecule is CC(C)COC(=O)N1CCCN(Cc2cc3ccccc3[nH]c2=O)CC1. The van der Waals surface area contributed by atoms with Gasteiger partial charge in [0.2, 0.25) is 0 Å². The van der Waals surface area contributed by atoms with E-state index >= 15 is 0 Å². The first-order chi connectivity index (χ1) is 12.5. The van der Waals surface area contributed by atoms with Crippen LogP contribution in [0, 0.1) is 5.92 Å². The summed E-state index contributed by atoms with van der Waals surface area (Å²) in [5, 5.41) is 1.04. The van der Waals surface area contributed by atoms with Gasteiger partial charge in [-0.15, -0.1) is 0 Å². The molecular weight excluding hydrogens is 330 g/mol. The van der Waals surface area contributed by atoms with Crippen LogP contribution in [0.5, 0.6) is 0 Å². The van der Waals surface area contributed by atoms with Gasteiger partial charge in [-0.05, 0) is 29.9 Å². The average molecular weight is 357 g/mol. The Hall–Kier alpha value is -2.34. The van der Waals surface area contributed by atoms with E-state index in [2.05, 4.69) is 9.88 Å². The molecule has 6 heteroatoms. The number of hydrogen-bond acceptors (Lipinski definition) is 4. The Bertz CT molecular complexity index is 815. The minimum atomic E-state index is -0.232. The number of rotatable bonds is 4. The van der Waals surface area contributed by atoms with Crippen LogP contribution in [0.1, 0.15) is 25.8 Å². The molecule has 0 unspecified atom stereocenters.